The third-order valence-electron chi connectivity index (χ3n) is 4.33. The van der Waals surface area contributed by atoms with Gasteiger partial charge in [0.25, 0.3) is 5.91 Å². The van der Waals surface area contributed by atoms with Gasteiger partial charge in [0.05, 0.1) is 11.9 Å². The van der Waals surface area contributed by atoms with Gasteiger partial charge in [-0.3, -0.25) is 14.6 Å². The second-order valence-corrected chi connectivity index (χ2v) is 6.81. The molecular formula is C21H21F3N6O4. The zero-order chi connectivity index (χ0) is 24.7. The summed E-state index contributed by atoms with van der Waals surface area (Å²) in [5.74, 6) is -2.93. The summed E-state index contributed by atoms with van der Waals surface area (Å²) in [6, 6.07) is 10.5. The average Bonchev–Trinajstić information content (AvgIpc) is 2.81. The van der Waals surface area contributed by atoms with E-state index in [4.69, 9.17) is 10.5 Å². The number of halogens is 3. The van der Waals surface area contributed by atoms with Crippen LogP contribution in [0.3, 0.4) is 0 Å². The van der Waals surface area contributed by atoms with Gasteiger partial charge in [-0.25, -0.2) is 4.39 Å². The minimum atomic E-state index is -3.97. The van der Waals surface area contributed by atoms with E-state index < -0.39 is 17.8 Å². The Morgan fingerprint density at radius 1 is 1.26 bits per heavy atom. The van der Waals surface area contributed by atoms with Crippen LogP contribution in [0, 0.1) is 0 Å². The summed E-state index contributed by atoms with van der Waals surface area (Å²) >= 11 is 0. The molecule has 1 heterocycles. The van der Waals surface area contributed by atoms with Crippen molar-refractivity contribution in [1.82, 2.24) is 5.32 Å². The van der Waals surface area contributed by atoms with E-state index in [2.05, 4.69) is 25.7 Å². The van der Waals surface area contributed by atoms with Crippen molar-refractivity contribution < 1.29 is 32.2 Å². The Labute approximate surface area is 192 Å². The van der Waals surface area contributed by atoms with Crippen LogP contribution in [0.2, 0.25) is 0 Å². The molecule has 0 saturated heterocycles. The normalized spacial score (nSPS) is 14.9. The van der Waals surface area contributed by atoms with Gasteiger partial charge in [-0.15, -0.1) is 0 Å². The van der Waals surface area contributed by atoms with Gasteiger partial charge in [0.2, 0.25) is 0 Å². The molecule has 0 aliphatic carbocycles. The summed E-state index contributed by atoms with van der Waals surface area (Å²) in [7, 11) is 1.50. The highest BCUT2D eigenvalue weighted by atomic mass is 19.3. The molecule has 0 radical (unpaired) electrons. The van der Waals surface area contributed by atoms with Crippen molar-refractivity contribution in [1.29, 1.82) is 0 Å². The molecule has 0 spiro atoms. The lowest BCUT2D eigenvalue weighted by Gasteiger charge is -2.25. The number of allylic oxidation sites excluding steroid dienone is 1. The Hall–Kier alpha value is -4.42. The third kappa shape index (κ3) is 6.31. The van der Waals surface area contributed by atoms with Gasteiger partial charge in [0, 0.05) is 24.5 Å². The van der Waals surface area contributed by atoms with Crippen molar-refractivity contribution in [3.63, 3.8) is 0 Å². The minimum Gasteiger partial charge on any atom is -0.484 e. The number of aliphatic imine (C=N–C) groups is 1. The summed E-state index contributed by atoms with van der Waals surface area (Å²) < 4.78 is 50.5. The number of benzene rings is 2. The number of ether oxygens (including phenoxy) is 2. The summed E-state index contributed by atoms with van der Waals surface area (Å²) in [6.07, 6.45) is -3.08. The number of nitrogens with one attached hydrogen (secondary N) is 4. The minimum absolute atomic E-state index is 0.00995. The van der Waals surface area contributed by atoms with E-state index in [-0.39, 0.29) is 42.1 Å². The molecule has 2 aromatic carbocycles. The predicted molar refractivity (Wildman–Crippen MR) is 120 cm³/mol. The van der Waals surface area contributed by atoms with E-state index in [9.17, 15) is 22.8 Å². The summed E-state index contributed by atoms with van der Waals surface area (Å²) in [6.45, 7) is -0.119. The molecule has 1 aliphatic heterocycles. The van der Waals surface area contributed by atoms with Crippen molar-refractivity contribution in [3.8, 4) is 11.5 Å². The van der Waals surface area contributed by atoms with E-state index in [1.165, 1.54) is 25.2 Å². The Kier molecular flexibility index (Phi) is 7.46. The maximum atomic E-state index is 14.2. The van der Waals surface area contributed by atoms with Crippen molar-refractivity contribution in [2.24, 2.45) is 10.7 Å². The zero-order valence-electron chi connectivity index (χ0n) is 17.8. The highest BCUT2D eigenvalue weighted by Crippen LogP contribution is 2.37. The molecule has 34 heavy (non-hydrogen) atoms. The van der Waals surface area contributed by atoms with Gasteiger partial charge >= 0.3 is 12.0 Å². The van der Waals surface area contributed by atoms with Crippen LogP contribution < -0.4 is 36.5 Å². The second kappa shape index (κ2) is 10.5. The molecule has 0 fully saturated rings. The van der Waals surface area contributed by atoms with Crippen molar-refractivity contribution in [3.05, 3.63) is 54.1 Å². The number of hydrogen-bond acceptors (Lipinski definition) is 8. The summed E-state index contributed by atoms with van der Waals surface area (Å²) in [5.41, 5.74) is 6.51. The summed E-state index contributed by atoms with van der Waals surface area (Å²) in [5, 5.41) is 9.92. The highest BCUT2D eigenvalue weighted by molar-refractivity contribution is 5.99. The fraction of sp³-hybridized carbons (Fsp3) is 0.190. The lowest BCUT2D eigenvalue weighted by Crippen LogP contribution is -2.43. The van der Waals surface area contributed by atoms with Crippen molar-refractivity contribution >= 4 is 35.1 Å². The first-order valence-electron chi connectivity index (χ1n) is 9.79. The van der Waals surface area contributed by atoms with Crippen molar-refractivity contribution in [2.45, 2.75) is 6.11 Å². The number of alkyl halides is 2. The molecule has 2 aromatic rings. The maximum Gasteiger partial charge on any atom is 0.482 e. The molecule has 180 valence electrons. The molecule has 0 saturated carbocycles. The van der Waals surface area contributed by atoms with Gasteiger partial charge in [0.15, 0.2) is 18.2 Å². The number of nitrogens with zero attached hydrogens (tertiary/aromatic N) is 1. The predicted octanol–water partition coefficient (Wildman–Crippen LogP) is 2.38. The molecule has 0 bridgehead atoms. The van der Waals surface area contributed by atoms with Gasteiger partial charge < -0.3 is 36.5 Å². The van der Waals surface area contributed by atoms with Crippen LogP contribution in [0.25, 0.3) is 0 Å². The van der Waals surface area contributed by atoms with Crippen LogP contribution >= 0.6 is 0 Å². The van der Waals surface area contributed by atoms with E-state index >= 15 is 0 Å². The fourth-order valence-electron chi connectivity index (χ4n) is 2.64. The van der Waals surface area contributed by atoms with Crippen LogP contribution in [0.15, 0.2) is 59.1 Å². The molecule has 13 heteroatoms. The number of nitrogens with two attached hydrogens (primary N) is 1. The van der Waals surface area contributed by atoms with Gasteiger partial charge in [0.1, 0.15) is 18.2 Å². The second-order valence-electron chi connectivity index (χ2n) is 6.81. The van der Waals surface area contributed by atoms with E-state index in [1.54, 1.807) is 24.3 Å². The molecular weight excluding hydrogens is 457 g/mol. The Morgan fingerprint density at radius 2 is 2.06 bits per heavy atom. The molecule has 6 N–H and O–H groups in total. The quantitative estimate of drug-likeness (QED) is 0.349. The Balaban J connectivity index is 1.54. The van der Waals surface area contributed by atoms with Crippen LogP contribution in [-0.4, -0.2) is 44.5 Å². The van der Waals surface area contributed by atoms with Gasteiger partial charge in [-0.2, -0.15) is 8.78 Å². The molecule has 3 rings (SSSR count). The number of carbonyl (C=O) groups is 2. The standard InChI is InChI=1S/C21H21F3N6O4/c1-26-18(31)10-33-14-4-2-3-12(7-14)28-11-27-9-15(22)19(25)29-13-5-6-17-16(8-13)30-20(32)21(23,24)34-17/h2-9,28-29H,10-11,25H2,1H3,(H,26,31)(H,30,32)/b19-15-,27-9-. The van der Waals surface area contributed by atoms with E-state index in [0.717, 1.165) is 6.21 Å². The highest BCUT2D eigenvalue weighted by Gasteiger charge is 2.46. The number of fused-ring (bicyclic) bond motifs is 1. The maximum absolute atomic E-state index is 14.2. The first-order valence-corrected chi connectivity index (χ1v) is 9.79. The molecule has 1 aliphatic rings. The van der Waals surface area contributed by atoms with Gasteiger partial charge in [-0.05, 0) is 30.3 Å². The van der Waals surface area contributed by atoms with Crippen molar-refractivity contribution in [2.75, 3.05) is 36.3 Å². The Bertz CT molecular complexity index is 1140. The Morgan fingerprint density at radius 3 is 2.82 bits per heavy atom. The van der Waals surface area contributed by atoms with Crippen LogP contribution in [-0.2, 0) is 9.59 Å². The fourth-order valence-corrected chi connectivity index (χ4v) is 2.64. The number of anilines is 3. The molecule has 0 atom stereocenters. The first-order chi connectivity index (χ1) is 16.2. The van der Waals surface area contributed by atoms with Crippen LogP contribution in [0.5, 0.6) is 11.5 Å². The van der Waals surface area contributed by atoms with Crippen LogP contribution in [0.1, 0.15) is 0 Å². The van der Waals surface area contributed by atoms with Crippen LogP contribution in [0.4, 0.5) is 30.2 Å². The first kappa shape index (κ1) is 24.2. The number of likely N-dealkylation sites (N-methyl/N-ethyl adjacent to an activating group) is 1. The molecule has 0 aromatic heterocycles. The van der Waals surface area contributed by atoms with Gasteiger partial charge in [-0.1, -0.05) is 6.07 Å². The average molecular weight is 478 g/mol. The SMILES string of the molecule is CNC(=O)COc1cccc(NC/N=C\C(F)=C(/N)Nc2ccc3c(c2)NC(=O)C(F)(F)O3)c1. The number of rotatable bonds is 9. The lowest BCUT2D eigenvalue weighted by molar-refractivity contribution is -0.189. The smallest absolute Gasteiger partial charge is 0.482 e. The third-order valence-corrected chi connectivity index (χ3v) is 4.33. The molecule has 10 nitrogen and oxygen atoms in total. The number of amides is 2. The number of hydrogen-bond donors (Lipinski definition) is 5. The molecule has 2 amide bonds. The summed E-state index contributed by atoms with van der Waals surface area (Å²) in [4.78, 5) is 26.4. The monoisotopic (exact) mass is 478 g/mol. The topological polar surface area (TPSA) is 139 Å². The van der Waals surface area contributed by atoms with E-state index in [0.29, 0.717) is 11.4 Å². The zero-order valence-corrected chi connectivity index (χ0v) is 17.8. The largest absolute Gasteiger partial charge is 0.484 e. The molecule has 0 unspecified atom stereocenters. The van der Waals surface area contributed by atoms with E-state index in [1.807, 2.05) is 5.32 Å². The lowest BCUT2D eigenvalue weighted by atomic mass is 10.2. The number of carbonyl (C=O) groups excluding carboxylic acids is 2.